The molecule has 3 aromatic rings. The molecule has 5 rings (SSSR count). The molecular weight excluding hydrogens is 506 g/mol. The monoisotopic (exact) mass is 535 g/mol. The predicted octanol–water partition coefficient (Wildman–Crippen LogP) is 4.24. The van der Waals surface area contributed by atoms with E-state index < -0.39 is 10.0 Å². The Balaban J connectivity index is 0.00000190. The second-order valence-corrected chi connectivity index (χ2v) is 11.8. The molecule has 0 spiro atoms. The summed E-state index contributed by atoms with van der Waals surface area (Å²) in [5, 5.41) is 5.92. The van der Waals surface area contributed by atoms with Crippen molar-refractivity contribution in [1.82, 2.24) is 10.3 Å². The van der Waals surface area contributed by atoms with E-state index in [0.717, 1.165) is 35.8 Å². The molecule has 2 N–H and O–H groups in total. The first-order valence-electron chi connectivity index (χ1n) is 11.4. The van der Waals surface area contributed by atoms with Crippen LogP contribution in [0.5, 0.6) is 0 Å². The standard InChI is InChI=1S/C24H26ClN5O3S2.2H2/c1-16(30-11-2-3-17-13-18(25)4-9-22(17)30)23(31)27-19-14-29(15-19)20-5-7-21(8-6-20)35(32,33)28-24-26-10-12-34-24;;/h4-10,12-13,16,19H,2-3,11,14-15H2,1H3,(H,26,28)(H,27,31);2*1H. The van der Waals surface area contributed by atoms with Gasteiger partial charge in [-0.3, -0.25) is 9.52 Å². The number of rotatable bonds is 7. The molecule has 3 heterocycles. The van der Waals surface area contributed by atoms with Crippen molar-refractivity contribution in [2.45, 2.75) is 36.7 Å². The van der Waals surface area contributed by atoms with Crippen LogP contribution in [0, 0.1) is 0 Å². The number of fused-ring (bicyclic) bond motifs is 1. The maximum absolute atomic E-state index is 13.0. The van der Waals surface area contributed by atoms with E-state index in [9.17, 15) is 13.2 Å². The van der Waals surface area contributed by atoms with Crippen molar-refractivity contribution < 1.29 is 16.1 Å². The number of hydrogen-bond acceptors (Lipinski definition) is 7. The number of sulfonamides is 1. The van der Waals surface area contributed by atoms with Crippen LogP contribution in [-0.2, 0) is 21.2 Å². The highest BCUT2D eigenvalue weighted by atomic mass is 35.5. The van der Waals surface area contributed by atoms with Gasteiger partial charge in [0.15, 0.2) is 5.13 Å². The molecule has 0 saturated carbocycles. The fourth-order valence-electron chi connectivity index (χ4n) is 4.52. The van der Waals surface area contributed by atoms with Gasteiger partial charge in [-0.2, -0.15) is 0 Å². The molecular formula is C24H30ClN5O3S2. The topological polar surface area (TPSA) is 94.6 Å². The zero-order chi connectivity index (χ0) is 24.6. The minimum atomic E-state index is -3.67. The van der Waals surface area contributed by atoms with E-state index in [2.05, 4.69) is 24.8 Å². The summed E-state index contributed by atoms with van der Waals surface area (Å²) in [6.07, 6.45) is 3.51. The SMILES string of the molecule is CC(C(=O)NC1CN(c2ccc(S(=O)(=O)Nc3nccs3)cc2)C1)N1CCCc2cc(Cl)ccc21.[HH].[HH]. The van der Waals surface area contributed by atoms with Gasteiger partial charge in [-0.05, 0) is 67.8 Å². The first kappa shape index (κ1) is 23.9. The lowest BCUT2D eigenvalue weighted by atomic mass is 9.99. The third-order valence-electron chi connectivity index (χ3n) is 6.44. The molecule has 2 aliphatic heterocycles. The molecule has 1 aromatic heterocycles. The minimum Gasteiger partial charge on any atom is -0.367 e. The quantitative estimate of drug-likeness (QED) is 0.470. The van der Waals surface area contributed by atoms with Crippen LogP contribution in [-0.4, -0.2) is 51.0 Å². The van der Waals surface area contributed by atoms with E-state index in [1.165, 1.54) is 16.9 Å². The second-order valence-electron chi connectivity index (χ2n) is 8.79. The molecule has 0 bridgehead atoms. The largest absolute Gasteiger partial charge is 0.367 e. The summed E-state index contributed by atoms with van der Waals surface area (Å²) in [4.78, 5) is 21.4. The number of halogens is 1. The fourth-order valence-corrected chi connectivity index (χ4v) is 6.51. The van der Waals surface area contributed by atoms with Gasteiger partial charge in [-0.1, -0.05) is 11.6 Å². The van der Waals surface area contributed by atoms with Crippen LogP contribution >= 0.6 is 22.9 Å². The van der Waals surface area contributed by atoms with Crippen molar-refractivity contribution in [3.8, 4) is 0 Å². The van der Waals surface area contributed by atoms with Gasteiger partial charge < -0.3 is 15.1 Å². The van der Waals surface area contributed by atoms with E-state index in [4.69, 9.17) is 11.6 Å². The molecule has 1 fully saturated rings. The van der Waals surface area contributed by atoms with Crippen LogP contribution in [0.1, 0.15) is 21.8 Å². The van der Waals surface area contributed by atoms with Crippen molar-refractivity contribution in [1.29, 1.82) is 0 Å². The zero-order valence-electron chi connectivity index (χ0n) is 19.1. The minimum absolute atomic E-state index is 0. The highest BCUT2D eigenvalue weighted by Crippen LogP contribution is 2.31. The van der Waals surface area contributed by atoms with E-state index in [1.54, 1.807) is 35.8 Å². The number of amides is 1. The number of nitrogens with zero attached hydrogens (tertiary/aromatic N) is 3. The van der Waals surface area contributed by atoms with E-state index in [-0.39, 0.29) is 25.7 Å². The number of aryl methyl sites for hydroxylation is 1. The van der Waals surface area contributed by atoms with Gasteiger partial charge in [-0.25, -0.2) is 13.4 Å². The van der Waals surface area contributed by atoms with Gasteiger partial charge in [-0.15, -0.1) is 11.3 Å². The number of aromatic nitrogens is 1. The smallest absolute Gasteiger partial charge is 0.263 e. The number of nitrogens with one attached hydrogen (secondary N) is 2. The lowest BCUT2D eigenvalue weighted by Gasteiger charge is -2.43. The summed E-state index contributed by atoms with van der Waals surface area (Å²) in [6, 6.07) is 12.4. The Morgan fingerprint density at radius 2 is 2.00 bits per heavy atom. The van der Waals surface area contributed by atoms with Crippen LogP contribution in [0.15, 0.2) is 58.9 Å². The number of anilines is 3. The highest BCUT2D eigenvalue weighted by Gasteiger charge is 2.32. The number of carbonyl (C=O) groups excluding carboxylic acids is 1. The third-order valence-corrected chi connectivity index (χ3v) is 8.84. The van der Waals surface area contributed by atoms with E-state index in [1.807, 2.05) is 25.1 Å². The third kappa shape index (κ3) is 5.10. The zero-order valence-corrected chi connectivity index (χ0v) is 21.5. The van der Waals surface area contributed by atoms with Gasteiger partial charge in [0.1, 0.15) is 6.04 Å². The lowest BCUT2D eigenvalue weighted by Crippen LogP contribution is -2.62. The Kier molecular flexibility index (Phi) is 6.61. The maximum atomic E-state index is 13.0. The number of thiazole rings is 1. The van der Waals surface area contributed by atoms with Gasteiger partial charge >= 0.3 is 0 Å². The molecule has 0 radical (unpaired) electrons. The van der Waals surface area contributed by atoms with E-state index in [0.29, 0.717) is 18.2 Å². The van der Waals surface area contributed by atoms with Crippen LogP contribution in [0.25, 0.3) is 0 Å². The molecule has 1 atom stereocenters. The summed E-state index contributed by atoms with van der Waals surface area (Å²) < 4.78 is 27.5. The molecule has 1 amide bonds. The summed E-state index contributed by atoms with van der Waals surface area (Å²) in [7, 11) is -3.67. The number of hydrogen-bond donors (Lipinski definition) is 2. The summed E-state index contributed by atoms with van der Waals surface area (Å²) in [5.41, 5.74) is 3.18. The van der Waals surface area contributed by atoms with Crippen LogP contribution in [0.3, 0.4) is 0 Å². The molecule has 1 saturated heterocycles. The summed E-state index contributed by atoms with van der Waals surface area (Å²) in [5.74, 6) is 0.00662. The van der Waals surface area contributed by atoms with Gasteiger partial charge in [0, 0.05) is 50.5 Å². The van der Waals surface area contributed by atoms with Crippen LogP contribution < -0.4 is 19.8 Å². The second kappa shape index (κ2) is 9.67. The number of carbonyl (C=O) groups is 1. The fraction of sp³-hybridized carbons (Fsp3) is 0.333. The highest BCUT2D eigenvalue weighted by molar-refractivity contribution is 7.93. The van der Waals surface area contributed by atoms with Crippen molar-refractivity contribution in [3.05, 3.63) is 64.6 Å². The molecule has 2 aliphatic rings. The average molecular weight is 536 g/mol. The van der Waals surface area contributed by atoms with E-state index >= 15 is 0 Å². The van der Waals surface area contributed by atoms with Crippen LogP contribution in [0.2, 0.25) is 5.02 Å². The first-order chi connectivity index (χ1) is 16.8. The van der Waals surface area contributed by atoms with Gasteiger partial charge in [0.25, 0.3) is 10.0 Å². The molecule has 2 aromatic carbocycles. The van der Waals surface area contributed by atoms with Gasteiger partial charge in [0.2, 0.25) is 5.91 Å². The van der Waals surface area contributed by atoms with Crippen molar-refractivity contribution in [2.24, 2.45) is 0 Å². The summed E-state index contributed by atoms with van der Waals surface area (Å²) in [6.45, 7) is 4.13. The molecule has 188 valence electrons. The Morgan fingerprint density at radius 1 is 1.23 bits per heavy atom. The van der Waals surface area contributed by atoms with Crippen molar-refractivity contribution >= 4 is 55.4 Å². The summed E-state index contributed by atoms with van der Waals surface area (Å²) >= 11 is 7.37. The predicted molar refractivity (Wildman–Crippen MR) is 144 cm³/mol. The Hall–Kier alpha value is -2.82. The molecule has 1 unspecified atom stereocenters. The van der Waals surface area contributed by atoms with Crippen molar-refractivity contribution in [3.63, 3.8) is 0 Å². The molecule has 8 nitrogen and oxygen atoms in total. The van der Waals surface area contributed by atoms with Crippen LogP contribution in [0.4, 0.5) is 16.5 Å². The lowest BCUT2D eigenvalue weighted by molar-refractivity contribution is -0.123. The average Bonchev–Trinajstić information content (AvgIpc) is 3.32. The number of benzene rings is 2. The molecule has 35 heavy (non-hydrogen) atoms. The first-order valence-corrected chi connectivity index (χ1v) is 14.2. The maximum Gasteiger partial charge on any atom is 0.263 e. The Morgan fingerprint density at radius 3 is 2.71 bits per heavy atom. The van der Waals surface area contributed by atoms with Crippen molar-refractivity contribution in [2.75, 3.05) is 34.2 Å². The normalized spacial score (nSPS) is 16.9. The Bertz CT molecular complexity index is 1320. The molecule has 11 heteroatoms. The molecule has 0 aliphatic carbocycles. The van der Waals surface area contributed by atoms with Gasteiger partial charge in [0.05, 0.1) is 10.9 Å². The Labute approximate surface area is 216 Å².